The molecule has 0 saturated carbocycles. The molecule has 0 spiro atoms. The fourth-order valence-electron chi connectivity index (χ4n) is 11.2. The Balaban J connectivity index is 3.41. The number of amides is 1. The number of rotatable bonds is 67. The van der Waals surface area contributed by atoms with Gasteiger partial charge in [-0.2, -0.15) is 0 Å². The van der Waals surface area contributed by atoms with Gasteiger partial charge in [-0.15, -0.1) is 0 Å². The molecular weight excluding hydrogens is 971 g/mol. The van der Waals surface area contributed by atoms with E-state index in [0.29, 0.717) is 25.9 Å². The van der Waals surface area contributed by atoms with Crippen LogP contribution in [0.25, 0.3) is 0 Å². The molecule has 0 fully saturated rings. The molecule has 0 aliphatic heterocycles. The van der Waals surface area contributed by atoms with Crippen LogP contribution in [0.5, 0.6) is 0 Å². The largest absolute Gasteiger partial charge is 0.466 e. The lowest BCUT2D eigenvalue weighted by molar-refractivity contribution is -0.143. The van der Waals surface area contributed by atoms with E-state index in [9.17, 15) is 19.8 Å². The minimum absolute atomic E-state index is 0.00338. The zero-order valence-electron chi connectivity index (χ0n) is 53.4. The summed E-state index contributed by atoms with van der Waals surface area (Å²) in [5.41, 5.74) is 0. The molecule has 0 heterocycles. The quantitative estimate of drug-likeness (QED) is 0.0320. The molecule has 79 heavy (non-hydrogen) atoms. The van der Waals surface area contributed by atoms with Crippen LogP contribution >= 0.6 is 0 Å². The molecule has 0 bridgehead atoms. The Kier molecular flexibility index (Phi) is 66.9. The average molecular weight is 1110 g/mol. The first kappa shape index (κ1) is 77.1. The first-order valence-corrected chi connectivity index (χ1v) is 35.7. The Morgan fingerprint density at radius 3 is 0.987 bits per heavy atom. The molecule has 0 aliphatic rings. The van der Waals surface area contributed by atoms with Crippen LogP contribution in [-0.2, 0) is 14.3 Å². The van der Waals surface area contributed by atoms with Crippen molar-refractivity contribution < 1.29 is 24.5 Å². The minimum Gasteiger partial charge on any atom is -0.466 e. The van der Waals surface area contributed by atoms with E-state index in [1.165, 1.54) is 308 Å². The fourth-order valence-corrected chi connectivity index (χ4v) is 11.2. The normalized spacial score (nSPS) is 12.7. The first-order valence-electron chi connectivity index (χ1n) is 35.7. The lowest BCUT2D eigenvalue weighted by Gasteiger charge is -2.22. The van der Waals surface area contributed by atoms with Crippen molar-refractivity contribution in [2.75, 3.05) is 13.2 Å². The van der Waals surface area contributed by atoms with Gasteiger partial charge in [-0.1, -0.05) is 333 Å². The molecule has 6 nitrogen and oxygen atoms in total. The van der Waals surface area contributed by atoms with Crippen LogP contribution < -0.4 is 5.32 Å². The zero-order chi connectivity index (χ0) is 57.1. The zero-order valence-corrected chi connectivity index (χ0v) is 53.4. The molecule has 3 N–H and O–H groups in total. The first-order chi connectivity index (χ1) is 39.0. The van der Waals surface area contributed by atoms with Gasteiger partial charge in [-0.05, 0) is 83.5 Å². The Morgan fingerprint density at radius 1 is 0.354 bits per heavy atom. The van der Waals surface area contributed by atoms with Crippen LogP contribution in [0.4, 0.5) is 0 Å². The molecule has 0 aromatic heterocycles. The Morgan fingerprint density at radius 2 is 0.633 bits per heavy atom. The van der Waals surface area contributed by atoms with Gasteiger partial charge in [0, 0.05) is 12.8 Å². The second-order valence-corrected chi connectivity index (χ2v) is 24.6. The molecule has 6 heteroatoms. The summed E-state index contributed by atoms with van der Waals surface area (Å²) < 4.78 is 5.50. The molecule has 0 aromatic rings. The van der Waals surface area contributed by atoms with Crippen molar-refractivity contribution in [3.8, 4) is 0 Å². The van der Waals surface area contributed by atoms with Gasteiger partial charge in [-0.25, -0.2) is 0 Å². The molecule has 2 atom stereocenters. The van der Waals surface area contributed by atoms with Crippen LogP contribution in [-0.4, -0.2) is 47.4 Å². The molecule has 2 unspecified atom stereocenters. The van der Waals surface area contributed by atoms with E-state index in [0.717, 1.165) is 51.4 Å². The predicted octanol–water partition coefficient (Wildman–Crippen LogP) is 23.1. The number of unbranched alkanes of at least 4 members (excludes halogenated alkanes) is 50. The van der Waals surface area contributed by atoms with Gasteiger partial charge >= 0.3 is 5.97 Å². The summed E-state index contributed by atoms with van der Waals surface area (Å²) in [6, 6.07) is -0.548. The number of carbonyl (C=O) groups is 2. The van der Waals surface area contributed by atoms with E-state index >= 15 is 0 Å². The van der Waals surface area contributed by atoms with Crippen LogP contribution in [0.1, 0.15) is 393 Å². The van der Waals surface area contributed by atoms with Crippen LogP contribution in [0.15, 0.2) is 36.5 Å². The van der Waals surface area contributed by atoms with Crippen molar-refractivity contribution >= 4 is 11.9 Å². The smallest absolute Gasteiger partial charge is 0.305 e. The van der Waals surface area contributed by atoms with Crippen molar-refractivity contribution in [3.63, 3.8) is 0 Å². The van der Waals surface area contributed by atoms with E-state index in [-0.39, 0.29) is 18.5 Å². The van der Waals surface area contributed by atoms with E-state index < -0.39 is 12.1 Å². The lowest BCUT2D eigenvalue weighted by Crippen LogP contribution is -2.45. The summed E-state index contributed by atoms with van der Waals surface area (Å²) >= 11 is 0. The van der Waals surface area contributed by atoms with Gasteiger partial charge < -0.3 is 20.3 Å². The third-order valence-corrected chi connectivity index (χ3v) is 16.7. The van der Waals surface area contributed by atoms with Gasteiger partial charge in [-0.3, -0.25) is 9.59 Å². The van der Waals surface area contributed by atoms with Gasteiger partial charge in [0.2, 0.25) is 5.91 Å². The number of esters is 1. The molecule has 0 aliphatic carbocycles. The topological polar surface area (TPSA) is 95.9 Å². The Hall–Kier alpha value is -1.92. The predicted molar refractivity (Wildman–Crippen MR) is 347 cm³/mol. The second-order valence-electron chi connectivity index (χ2n) is 24.6. The maximum Gasteiger partial charge on any atom is 0.305 e. The van der Waals surface area contributed by atoms with Crippen LogP contribution in [0, 0.1) is 0 Å². The molecule has 0 radical (unpaired) electrons. The highest BCUT2D eigenvalue weighted by atomic mass is 16.5. The van der Waals surface area contributed by atoms with Crippen LogP contribution in [0.2, 0.25) is 0 Å². The number of aliphatic hydroxyl groups excluding tert-OH is 2. The summed E-state index contributed by atoms with van der Waals surface area (Å²) in [6.45, 7) is 4.96. The van der Waals surface area contributed by atoms with Gasteiger partial charge in [0.1, 0.15) is 0 Å². The lowest BCUT2D eigenvalue weighted by atomic mass is 10.0. The molecule has 0 saturated heterocycles. The summed E-state index contributed by atoms with van der Waals surface area (Å²) in [4.78, 5) is 24.7. The molecule has 466 valence electrons. The number of allylic oxidation sites excluding steroid dienone is 6. The van der Waals surface area contributed by atoms with E-state index in [2.05, 4.69) is 55.6 Å². The standard InChI is InChI=1S/C73H139NO5/c1-3-5-7-9-11-13-15-17-19-21-23-24-27-30-33-37-41-45-49-53-57-61-65-71(76)70(69-75)74-72(77)66-62-58-54-50-46-42-38-34-31-28-25-26-29-32-36-40-44-48-52-56-60-64-68-79-73(78)67-63-59-55-51-47-43-39-35-22-20-18-16-14-12-10-8-6-4-2/h14,16,20,22,28,31,70-71,75-76H,3-13,15,17-19,21,23-27,29-30,32-69H2,1-2H3,(H,74,77)/b16-14-,22-20-,31-28-. The van der Waals surface area contributed by atoms with E-state index in [4.69, 9.17) is 4.74 Å². The number of carbonyl (C=O) groups excluding carboxylic acids is 2. The van der Waals surface area contributed by atoms with Gasteiger partial charge in [0.15, 0.2) is 0 Å². The van der Waals surface area contributed by atoms with E-state index in [1.54, 1.807) is 0 Å². The second kappa shape index (κ2) is 68.6. The number of hydrogen-bond donors (Lipinski definition) is 3. The molecule has 1 amide bonds. The number of nitrogens with one attached hydrogen (secondary N) is 1. The van der Waals surface area contributed by atoms with Crippen molar-refractivity contribution in [1.29, 1.82) is 0 Å². The highest BCUT2D eigenvalue weighted by molar-refractivity contribution is 5.76. The van der Waals surface area contributed by atoms with Crippen molar-refractivity contribution in [3.05, 3.63) is 36.5 Å². The van der Waals surface area contributed by atoms with E-state index in [1.807, 2.05) is 0 Å². The maximum atomic E-state index is 12.5. The van der Waals surface area contributed by atoms with Crippen molar-refractivity contribution in [2.45, 2.75) is 405 Å². The summed E-state index contributed by atoms with van der Waals surface area (Å²) in [6.07, 6.45) is 87.6. The SMILES string of the molecule is CCCCCC/C=C\C/C=C\CCCCCCCCCC(=O)OCCCCCCCCCCCCC/C=C\CCCCCCCCCC(=O)NC(CO)C(O)CCCCCCCCCCCCCCCCCCCCCCCC. The van der Waals surface area contributed by atoms with Crippen LogP contribution in [0.3, 0.4) is 0 Å². The molecular formula is C73H139NO5. The van der Waals surface area contributed by atoms with Gasteiger partial charge in [0.25, 0.3) is 0 Å². The number of hydrogen-bond acceptors (Lipinski definition) is 5. The van der Waals surface area contributed by atoms with Crippen molar-refractivity contribution in [2.24, 2.45) is 0 Å². The highest BCUT2D eigenvalue weighted by Gasteiger charge is 2.20. The monoisotopic (exact) mass is 1110 g/mol. The number of aliphatic hydroxyl groups is 2. The summed E-state index contributed by atoms with van der Waals surface area (Å²) in [7, 11) is 0. The highest BCUT2D eigenvalue weighted by Crippen LogP contribution is 2.19. The third-order valence-electron chi connectivity index (χ3n) is 16.7. The third kappa shape index (κ3) is 65.1. The van der Waals surface area contributed by atoms with Gasteiger partial charge in [0.05, 0.1) is 25.4 Å². The molecule has 0 aromatic carbocycles. The Labute approximate surface area is 494 Å². The fraction of sp³-hybridized carbons (Fsp3) is 0.890. The maximum absolute atomic E-state index is 12.5. The van der Waals surface area contributed by atoms with Crippen molar-refractivity contribution in [1.82, 2.24) is 5.32 Å². The number of ether oxygens (including phenoxy) is 1. The molecule has 0 rings (SSSR count). The minimum atomic E-state index is -0.671. The summed E-state index contributed by atoms with van der Waals surface area (Å²) in [5, 5.41) is 23.4. The Bertz CT molecular complexity index is 1280. The summed E-state index contributed by atoms with van der Waals surface area (Å²) in [5.74, 6) is -0.0348. The average Bonchev–Trinajstić information content (AvgIpc) is 3.45.